The molecule has 0 amide bonds. The van der Waals surface area contributed by atoms with E-state index in [1.807, 2.05) is 24.3 Å². The van der Waals surface area contributed by atoms with Crippen molar-refractivity contribution < 1.29 is 4.79 Å². The van der Waals surface area contributed by atoms with Gasteiger partial charge in [0.15, 0.2) is 5.78 Å². The number of hydrogen-bond donors (Lipinski definition) is 1. The molecule has 0 fully saturated rings. The average Bonchev–Trinajstić information content (AvgIpc) is 2.92. The van der Waals surface area contributed by atoms with Gasteiger partial charge in [0.2, 0.25) is 5.95 Å². The second-order valence-electron chi connectivity index (χ2n) is 5.94. The molecular weight excluding hydrogens is 344 g/mol. The third-order valence-corrected chi connectivity index (χ3v) is 4.72. The Labute approximate surface area is 136 Å². The molecule has 0 radical (unpaired) electrons. The van der Waals surface area contributed by atoms with Crippen molar-refractivity contribution in [2.45, 2.75) is 25.8 Å². The molecule has 2 heterocycles. The van der Waals surface area contributed by atoms with Crippen molar-refractivity contribution >= 4 is 27.7 Å². The number of carbonyl (C=O) groups is 1. The molecule has 1 N–H and O–H groups in total. The summed E-state index contributed by atoms with van der Waals surface area (Å²) in [6.45, 7) is 2.11. The number of benzene rings is 1. The van der Waals surface area contributed by atoms with E-state index in [-0.39, 0.29) is 11.8 Å². The largest absolute Gasteiger partial charge is 0.328 e. The average molecular weight is 359 g/mol. The molecule has 1 aromatic heterocycles. The summed E-state index contributed by atoms with van der Waals surface area (Å²) in [5.41, 5.74) is 2.86. The Morgan fingerprint density at radius 2 is 2.23 bits per heavy atom. The molecule has 0 bridgehead atoms. The zero-order valence-electron chi connectivity index (χ0n) is 12.1. The SMILES string of the molecule is CC1CC(=O)C2=C(C1)Nc1ncnn1C2c1cccc(Br)c1. The Balaban J connectivity index is 1.92. The number of aromatic nitrogens is 3. The summed E-state index contributed by atoms with van der Waals surface area (Å²) in [7, 11) is 0. The molecule has 4 rings (SSSR count). The molecule has 1 aromatic carbocycles. The molecule has 0 saturated heterocycles. The van der Waals surface area contributed by atoms with Crippen LogP contribution in [0.15, 0.2) is 46.3 Å². The predicted octanol–water partition coefficient (Wildman–Crippen LogP) is 3.31. The zero-order chi connectivity index (χ0) is 15.3. The summed E-state index contributed by atoms with van der Waals surface area (Å²) in [4.78, 5) is 16.9. The summed E-state index contributed by atoms with van der Waals surface area (Å²) in [5, 5.41) is 7.62. The highest BCUT2D eigenvalue weighted by Crippen LogP contribution is 2.41. The number of Topliss-reactive ketones (excluding diaryl/α,β-unsaturated/α-hetero) is 1. The number of allylic oxidation sites excluding steroid dienone is 2. The quantitative estimate of drug-likeness (QED) is 0.849. The normalized spacial score (nSPS) is 23.8. The predicted molar refractivity (Wildman–Crippen MR) is 86.4 cm³/mol. The highest BCUT2D eigenvalue weighted by molar-refractivity contribution is 9.10. The molecule has 112 valence electrons. The minimum absolute atomic E-state index is 0.201. The van der Waals surface area contributed by atoms with Crippen molar-refractivity contribution in [3.8, 4) is 0 Å². The molecule has 6 heteroatoms. The monoisotopic (exact) mass is 358 g/mol. The van der Waals surface area contributed by atoms with E-state index in [2.05, 4.69) is 38.3 Å². The van der Waals surface area contributed by atoms with Gasteiger partial charge in [0, 0.05) is 22.2 Å². The van der Waals surface area contributed by atoms with Crippen LogP contribution >= 0.6 is 15.9 Å². The Hall–Kier alpha value is -1.95. The van der Waals surface area contributed by atoms with Gasteiger partial charge in [0.05, 0.1) is 0 Å². The maximum absolute atomic E-state index is 12.7. The van der Waals surface area contributed by atoms with Crippen molar-refractivity contribution in [2.24, 2.45) is 5.92 Å². The van der Waals surface area contributed by atoms with Crippen LogP contribution < -0.4 is 5.32 Å². The van der Waals surface area contributed by atoms with E-state index in [0.29, 0.717) is 18.3 Å². The highest BCUT2D eigenvalue weighted by atomic mass is 79.9. The molecule has 1 aliphatic carbocycles. The number of rotatable bonds is 1. The molecule has 22 heavy (non-hydrogen) atoms. The van der Waals surface area contributed by atoms with Crippen molar-refractivity contribution in [1.82, 2.24) is 14.8 Å². The number of anilines is 1. The number of ketones is 1. The Bertz CT molecular complexity index is 795. The van der Waals surface area contributed by atoms with Gasteiger partial charge < -0.3 is 5.32 Å². The number of hydrogen-bond acceptors (Lipinski definition) is 4. The van der Waals surface area contributed by atoms with Crippen molar-refractivity contribution in [1.29, 1.82) is 0 Å². The molecule has 0 spiro atoms. The van der Waals surface area contributed by atoms with Crippen molar-refractivity contribution in [3.63, 3.8) is 0 Å². The van der Waals surface area contributed by atoms with Crippen LogP contribution in [0.1, 0.15) is 31.4 Å². The maximum Gasteiger partial charge on any atom is 0.226 e. The fourth-order valence-electron chi connectivity index (χ4n) is 3.33. The minimum atomic E-state index is -0.203. The molecule has 5 nitrogen and oxygen atoms in total. The third kappa shape index (κ3) is 2.09. The van der Waals surface area contributed by atoms with Gasteiger partial charge in [0.1, 0.15) is 12.4 Å². The first-order chi connectivity index (χ1) is 10.6. The van der Waals surface area contributed by atoms with Gasteiger partial charge in [-0.2, -0.15) is 10.1 Å². The first-order valence-corrected chi connectivity index (χ1v) is 8.11. The van der Waals surface area contributed by atoms with Crippen LogP contribution in [-0.4, -0.2) is 20.5 Å². The summed E-state index contributed by atoms with van der Waals surface area (Å²) in [5.74, 6) is 1.26. The van der Waals surface area contributed by atoms with Gasteiger partial charge in [-0.05, 0) is 30.0 Å². The van der Waals surface area contributed by atoms with Gasteiger partial charge >= 0.3 is 0 Å². The van der Waals surface area contributed by atoms with Crippen LogP contribution in [0.25, 0.3) is 0 Å². The van der Waals surface area contributed by atoms with Crippen LogP contribution in [0.5, 0.6) is 0 Å². The first-order valence-electron chi connectivity index (χ1n) is 7.31. The van der Waals surface area contributed by atoms with Gasteiger partial charge in [-0.25, -0.2) is 4.68 Å². The fraction of sp³-hybridized carbons (Fsp3) is 0.312. The fourth-order valence-corrected chi connectivity index (χ4v) is 3.75. The number of nitrogens with zero attached hydrogens (tertiary/aromatic N) is 3. The number of halogens is 1. The van der Waals surface area contributed by atoms with Gasteiger partial charge in [-0.3, -0.25) is 4.79 Å². The maximum atomic E-state index is 12.7. The van der Waals surface area contributed by atoms with E-state index in [9.17, 15) is 4.79 Å². The zero-order valence-corrected chi connectivity index (χ0v) is 13.7. The summed E-state index contributed by atoms with van der Waals surface area (Å²) in [6, 6.07) is 7.83. The second kappa shape index (κ2) is 5.05. The second-order valence-corrected chi connectivity index (χ2v) is 6.86. The first kappa shape index (κ1) is 13.7. The lowest BCUT2D eigenvalue weighted by Crippen LogP contribution is -2.33. The number of carbonyl (C=O) groups excluding carboxylic acids is 1. The molecular formula is C16H15BrN4O. The molecule has 2 aliphatic rings. The lowest BCUT2D eigenvalue weighted by atomic mass is 9.81. The van der Waals surface area contributed by atoms with Crippen LogP contribution in [0.4, 0.5) is 5.95 Å². The smallest absolute Gasteiger partial charge is 0.226 e. The van der Waals surface area contributed by atoms with Crippen molar-refractivity contribution in [3.05, 3.63) is 51.9 Å². The molecule has 2 unspecified atom stereocenters. The van der Waals surface area contributed by atoms with E-state index >= 15 is 0 Å². The van der Waals surface area contributed by atoms with Gasteiger partial charge in [-0.1, -0.05) is 35.0 Å². The van der Waals surface area contributed by atoms with Crippen LogP contribution in [0.3, 0.4) is 0 Å². The molecule has 1 aliphatic heterocycles. The van der Waals surface area contributed by atoms with E-state index in [4.69, 9.17) is 0 Å². The van der Waals surface area contributed by atoms with Gasteiger partial charge in [-0.15, -0.1) is 0 Å². The third-order valence-electron chi connectivity index (χ3n) is 4.23. The van der Waals surface area contributed by atoms with E-state index in [1.54, 1.807) is 4.68 Å². The lowest BCUT2D eigenvalue weighted by molar-refractivity contribution is -0.117. The summed E-state index contributed by atoms with van der Waals surface area (Å²) in [6.07, 6.45) is 2.99. The van der Waals surface area contributed by atoms with E-state index < -0.39 is 0 Å². The Morgan fingerprint density at radius 3 is 3.05 bits per heavy atom. The van der Waals surface area contributed by atoms with Crippen LogP contribution in [-0.2, 0) is 4.79 Å². The number of fused-ring (bicyclic) bond motifs is 1. The topological polar surface area (TPSA) is 59.8 Å². The van der Waals surface area contributed by atoms with Crippen molar-refractivity contribution in [2.75, 3.05) is 5.32 Å². The summed E-state index contributed by atoms with van der Waals surface area (Å²) < 4.78 is 2.79. The lowest BCUT2D eigenvalue weighted by Gasteiger charge is -2.34. The molecule has 2 atom stereocenters. The summed E-state index contributed by atoms with van der Waals surface area (Å²) >= 11 is 3.51. The number of nitrogens with one attached hydrogen (secondary N) is 1. The Morgan fingerprint density at radius 1 is 1.36 bits per heavy atom. The standard InChI is InChI=1S/C16H15BrN4O/c1-9-5-12-14(13(22)6-9)15(10-3-2-4-11(17)7-10)21-16(20-12)18-8-19-21/h2-4,7-9,15H,5-6H2,1H3,(H,18,19,20). The molecule has 0 saturated carbocycles. The van der Waals surface area contributed by atoms with E-state index in [0.717, 1.165) is 27.7 Å². The van der Waals surface area contributed by atoms with Gasteiger partial charge in [0.25, 0.3) is 0 Å². The molecule has 2 aromatic rings. The van der Waals surface area contributed by atoms with Crippen LogP contribution in [0, 0.1) is 5.92 Å². The Kier molecular flexibility index (Phi) is 3.14. The van der Waals surface area contributed by atoms with E-state index in [1.165, 1.54) is 6.33 Å². The minimum Gasteiger partial charge on any atom is -0.328 e. The van der Waals surface area contributed by atoms with Crippen LogP contribution in [0.2, 0.25) is 0 Å². The highest BCUT2D eigenvalue weighted by Gasteiger charge is 2.37.